The summed E-state index contributed by atoms with van der Waals surface area (Å²) in [5.74, 6) is 0.107. The smallest absolute Gasteiger partial charge is 0.407 e. The van der Waals surface area contributed by atoms with Crippen molar-refractivity contribution in [2.75, 3.05) is 13.2 Å². The predicted molar refractivity (Wildman–Crippen MR) is 44.0 cm³/mol. The standard InChI is InChI=1S/C8H15NO3/c1-8(2)3-6(5-10)4-9(8)7(11)12/h6,10H,3-5H2,1-2H3,(H,11,12)/t6-/m0/s1. The van der Waals surface area contributed by atoms with Gasteiger partial charge in [-0.3, -0.25) is 0 Å². The van der Waals surface area contributed by atoms with Crippen molar-refractivity contribution in [1.82, 2.24) is 4.90 Å². The number of amides is 1. The van der Waals surface area contributed by atoms with Crippen LogP contribution in [0.5, 0.6) is 0 Å². The first kappa shape index (κ1) is 9.32. The molecule has 1 rings (SSSR count). The van der Waals surface area contributed by atoms with Crippen LogP contribution in [0.2, 0.25) is 0 Å². The largest absolute Gasteiger partial charge is 0.465 e. The molecule has 1 heterocycles. The molecule has 0 aliphatic carbocycles. The molecule has 1 saturated heterocycles. The van der Waals surface area contributed by atoms with E-state index in [1.807, 2.05) is 13.8 Å². The van der Waals surface area contributed by atoms with Gasteiger partial charge in [0.2, 0.25) is 0 Å². The first-order valence-corrected chi connectivity index (χ1v) is 4.09. The molecule has 1 aliphatic rings. The Morgan fingerprint density at radius 2 is 2.25 bits per heavy atom. The summed E-state index contributed by atoms with van der Waals surface area (Å²) in [6, 6.07) is 0. The molecule has 0 unspecified atom stereocenters. The van der Waals surface area contributed by atoms with Crippen LogP contribution in [0.4, 0.5) is 4.79 Å². The van der Waals surface area contributed by atoms with Crippen LogP contribution < -0.4 is 0 Å². The van der Waals surface area contributed by atoms with E-state index in [0.29, 0.717) is 6.54 Å². The van der Waals surface area contributed by atoms with E-state index >= 15 is 0 Å². The zero-order valence-electron chi connectivity index (χ0n) is 7.45. The number of hydrogen-bond donors (Lipinski definition) is 2. The highest BCUT2D eigenvalue weighted by molar-refractivity contribution is 5.66. The van der Waals surface area contributed by atoms with Crippen LogP contribution in [0.15, 0.2) is 0 Å². The lowest BCUT2D eigenvalue weighted by Gasteiger charge is -2.28. The molecule has 12 heavy (non-hydrogen) atoms. The number of rotatable bonds is 1. The van der Waals surface area contributed by atoms with E-state index in [2.05, 4.69) is 0 Å². The van der Waals surface area contributed by atoms with Gasteiger partial charge < -0.3 is 15.1 Å². The molecule has 1 amide bonds. The van der Waals surface area contributed by atoms with Gasteiger partial charge in [0.15, 0.2) is 0 Å². The van der Waals surface area contributed by atoms with Crippen LogP contribution in [-0.2, 0) is 0 Å². The van der Waals surface area contributed by atoms with Gasteiger partial charge in [-0.05, 0) is 20.3 Å². The highest BCUT2D eigenvalue weighted by atomic mass is 16.4. The molecule has 4 heteroatoms. The number of nitrogens with zero attached hydrogens (tertiary/aromatic N) is 1. The minimum absolute atomic E-state index is 0.0766. The Morgan fingerprint density at radius 1 is 1.67 bits per heavy atom. The van der Waals surface area contributed by atoms with E-state index < -0.39 is 6.09 Å². The van der Waals surface area contributed by atoms with Crippen molar-refractivity contribution in [3.63, 3.8) is 0 Å². The van der Waals surface area contributed by atoms with Gasteiger partial charge in [-0.25, -0.2) is 4.79 Å². The Labute approximate surface area is 71.8 Å². The number of carboxylic acid groups (broad SMARTS) is 1. The van der Waals surface area contributed by atoms with Gasteiger partial charge in [0.25, 0.3) is 0 Å². The van der Waals surface area contributed by atoms with Gasteiger partial charge in [0.05, 0.1) is 0 Å². The number of aliphatic hydroxyl groups is 1. The maximum absolute atomic E-state index is 10.7. The van der Waals surface area contributed by atoms with E-state index in [4.69, 9.17) is 10.2 Å². The molecule has 0 aromatic heterocycles. The SMILES string of the molecule is CC1(C)C[C@H](CO)CN1C(=O)O. The predicted octanol–water partition coefficient (Wildman–Crippen LogP) is 0.757. The number of aliphatic hydroxyl groups excluding tert-OH is 1. The van der Waals surface area contributed by atoms with Gasteiger partial charge in [-0.15, -0.1) is 0 Å². The van der Waals surface area contributed by atoms with Crippen molar-refractivity contribution < 1.29 is 15.0 Å². The van der Waals surface area contributed by atoms with Crippen molar-refractivity contribution in [2.24, 2.45) is 5.92 Å². The summed E-state index contributed by atoms with van der Waals surface area (Å²) in [6.07, 6.45) is -0.147. The lowest BCUT2D eigenvalue weighted by molar-refractivity contribution is 0.116. The van der Waals surface area contributed by atoms with Crippen LogP contribution in [0.25, 0.3) is 0 Å². The van der Waals surface area contributed by atoms with Crippen molar-refractivity contribution >= 4 is 6.09 Å². The second-order valence-corrected chi connectivity index (χ2v) is 3.96. The van der Waals surface area contributed by atoms with Crippen LogP contribution in [0, 0.1) is 5.92 Å². The normalized spacial score (nSPS) is 27.6. The topological polar surface area (TPSA) is 60.8 Å². The third kappa shape index (κ3) is 1.53. The van der Waals surface area contributed by atoms with Gasteiger partial charge >= 0.3 is 6.09 Å². The maximum atomic E-state index is 10.7. The van der Waals surface area contributed by atoms with Gasteiger partial charge in [0, 0.05) is 24.6 Å². The van der Waals surface area contributed by atoms with Crippen molar-refractivity contribution in [3.05, 3.63) is 0 Å². The van der Waals surface area contributed by atoms with Crippen molar-refractivity contribution in [3.8, 4) is 0 Å². The van der Waals surface area contributed by atoms with E-state index in [1.165, 1.54) is 4.90 Å². The molecule has 2 N–H and O–H groups in total. The fraction of sp³-hybridized carbons (Fsp3) is 0.875. The molecule has 0 bridgehead atoms. The highest BCUT2D eigenvalue weighted by Crippen LogP contribution is 2.31. The third-order valence-electron chi connectivity index (χ3n) is 2.45. The zero-order valence-corrected chi connectivity index (χ0v) is 7.45. The lowest BCUT2D eigenvalue weighted by Crippen LogP contribution is -2.41. The molecule has 0 spiro atoms. The first-order chi connectivity index (χ1) is 5.47. The zero-order chi connectivity index (χ0) is 9.35. The Kier molecular flexibility index (Phi) is 2.28. The van der Waals surface area contributed by atoms with Crippen molar-refractivity contribution in [1.29, 1.82) is 0 Å². The van der Waals surface area contributed by atoms with Gasteiger partial charge in [-0.2, -0.15) is 0 Å². The molecule has 0 aromatic carbocycles. The summed E-state index contributed by atoms with van der Waals surface area (Å²) in [7, 11) is 0. The minimum atomic E-state index is -0.893. The molecule has 1 fully saturated rings. The van der Waals surface area contributed by atoms with E-state index in [-0.39, 0.29) is 18.1 Å². The fourth-order valence-corrected chi connectivity index (χ4v) is 1.85. The molecule has 0 radical (unpaired) electrons. The summed E-state index contributed by atoms with van der Waals surface area (Å²) >= 11 is 0. The molecule has 4 nitrogen and oxygen atoms in total. The van der Waals surface area contributed by atoms with E-state index in [9.17, 15) is 4.79 Å². The van der Waals surface area contributed by atoms with Crippen LogP contribution in [0.3, 0.4) is 0 Å². The summed E-state index contributed by atoms with van der Waals surface area (Å²) in [5.41, 5.74) is -0.320. The summed E-state index contributed by atoms with van der Waals surface area (Å²) in [4.78, 5) is 12.1. The van der Waals surface area contributed by atoms with Crippen molar-refractivity contribution in [2.45, 2.75) is 25.8 Å². The van der Waals surface area contributed by atoms with Crippen LogP contribution >= 0.6 is 0 Å². The molecule has 1 atom stereocenters. The summed E-state index contributed by atoms with van der Waals surface area (Å²) in [6.45, 7) is 4.31. The fourth-order valence-electron chi connectivity index (χ4n) is 1.85. The van der Waals surface area contributed by atoms with Crippen LogP contribution in [0.1, 0.15) is 20.3 Å². The quantitative estimate of drug-likeness (QED) is 0.615. The Hall–Kier alpha value is -0.770. The highest BCUT2D eigenvalue weighted by Gasteiger charge is 2.40. The number of carbonyl (C=O) groups is 1. The second-order valence-electron chi connectivity index (χ2n) is 3.96. The molecule has 1 aliphatic heterocycles. The van der Waals surface area contributed by atoms with E-state index in [1.54, 1.807) is 0 Å². The summed E-state index contributed by atoms with van der Waals surface area (Å²) < 4.78 is 0. The third-order valence-corrected chi connectivity index (χ3v) is 2.45. The Morgan fingerprint density at radius 3 is 2.50 bits per heavy atom. The Balaban J connectivity index is 2.70. The van der Waals surface area contributed by atoms with Crippen LogP contribution in [-0.4, -0.2) is 39.9 Å². The molecule has 0 aromatic rings. The van der Waals surface area contributed by atoms with E-state index in [0.717, 1.165) is 6.42 Å². The molecular weight excluding hydrogens is 158 g/mol. The monoisotopic (exact) mass is 173 g/mol. The molecule has 70 valence electrons. The van der Waals surface area contributed by atoms with Gasteiger partial charge in [-0.1, -0.05) is 0 Å². The second kappa shape index (κ2) is 2.94. The maximum Gasteiger partial charge on any atom is 0.407 e. The molecule has 0 saturated carbocycles. The number of likely N-dealkylation sites (tertiary alicyclic amines) is 1. The Bertz CT molecular complexity index is 191. The average Bonchev–Trinajstić information content (AvgIpc) is 2.25. The lowest BCUT2D eigenvalue weighted by atomic mass is 9.97. The molecular formula is C8H15NO3. The number of hydrogen-bond acceptors (Lipinski definition) is 2. The van der Waals surface area contributed by atoms with Gasteiger partial charge in [0.1, 0.15) is 0 Å². The first-order valence-electron chi connectivity index (χ1n) is 4.09. The summed E-state index contributed by atoms with van der Waals surface area (Å²) in [5, 5.41) is 17.7. The average molecular weight is 173 g/mol. The minimum Gasteiger partial charge on any atom is -0.465 e.